The van der Waals surface area contributed by atoms with Gasteiger partial charge in [0.15, 0.2) is 5.69 Å². The number of amides is 1. The average molecular weight is 231 g/mol. The minimum absolute atomic E-state index is 0.0502. The van der Waals surface area contributed by atoms with Crippen LogP contribution in [0.15, 0.2) is 36.4 Å². The second-order valence-corrected chi connectivity index (χ2v) is 3.48. The smallest absolute Gasteiger partial charge is 0.269 e. The van der Waals surface area contributed by atoms with Crippen LogP contribution in [0.2, 0.25) is 0 Å². The van der Waals surface area contributed by atoms with Crippen LogP contribution in [0.3, 0.4) is 0 Å². The van der Waals surface area contributed by atoms with Gasteiger partial charge in [-0.2, -0.15) is 0 Å². The summed E-state index contributed by atoms with van der Waals surface area (Å²) in [5, 5.41) is 0. The zero-order valence-electron chi connectivity index (χ0n) is 8.85. The Morgan fingerprint density at radius 3 is 2.53 bits per heavy atom. The molecule has 0 spiro atoms. The monoisotopic (exact) mass is 231 g/mol. The molecule has 4 nitrogen and oxygen atoms in total. The number of rotatable bonds is 2. The molecular formula is C12H10FN3O. The third-order valence-electron chi connectivity index (χ3n) is 2.31. The van der Waals surface area contributed by atoms with E-state index < -0.39 is 11.7 Å². The number of hydrogen-bond donors (Lipinski definition) is 2. The maximum absolute atomic E-state index is 13.5. The SMILES string of the molecule is NC(=O)c1nc(-c2ccccc2F)ccc1N. The summed E-state index contributed by atoms with van der Waals surface area (Å²) in [5.41, 5.74) is 11.4. The van der Waals surface area contributed by atoms with Crippen molar-refractivity contribution in [2.75, 3.05) is 5.73 Å². The molecule has 5 heteroatoms. The van der Waals surface area contributed by atoms with Crippen molar-refractivity contribution in [3.05, 3.63) is 47.9 Å². The molecular weight excluding hydrogens is 221 g/mol. The van der Waals surface area contributed by atoms with Crippen LogP contribution in [-0.2, 0) is 0 Å². The Morgan fingerprint density at radius 2 is 1.88 bits per heavy atom. The first kappa shape index (κ1) is 11.1. The Bertz CT molecular complexity index is 584. The molecule has 1 heterocycles. The highest BCUT2D eigenvalue weighted by atomic mass is 19.1. The van der Waals surface area contributed by atoms with E-state index in [1.54, 1.807) is 24.3 Å². The number of hydrogen-bond acceptors (Lipinski definition) is 3. The van der Waals surface area contributed by atoms with Crippen molar-refractivity contribution < 1.29 is 9.18 Å². The Labute approximate surface area is 97.1 Å². The van der Waals surface area contributed by atoms with Crippen molar-refractivity contribution in [2.45, 2.75) is 0 Å². The molecule has 0 unspecified atom stereocenters. The van der Waals surface area contributed by atoms with Crippen LogP contribution in [0.1, 0.15) is 10.5 Å². The lowest BCUT2D eigenvalue weighted by atomic mass is 10.1. The Balaban J connectivity index is 2.58. The highest BCUT2D eigenvalue weighted by Gasteiger charge is 2.11. The number of aromatic nitrogens is 1. The maximum Gasteiger partial charge on any atom is 0.269 e. The van der Waals surface area contributed by atoms with Crippen LogP contribution in [0.4, 0.5) is 10.1 Å². The van der Waals surface area contributed by atoms with Crippen molar-refractivity contribution in [1.82, 2.24) is 4.98 Å². The molecule has 0 saturated heterocycles. The van der Waals surface area contributed by atoms with Gasteiger partial charge in [0.2, 0.25) is 0 Å². The molecule has 0 aliphatic carbocycles. The standard InChI is InChI=1S/C12H10FN3O/c13-8-4-2-1-3-7(8)10-6-5-9(14)11(16-10)12(15)17/h1-6H,14H2,(H2,15,17). The van der Waals surface area contributed by atoms with Crippen molar-refractivity contribution in [3.8, 4) is 11.3 Å². The van der Waals surface area contributed by atoms with Crippen molar-refractivity contribution in [3.63, 3.8) is 0 Å². The van der Waals surface area contributed by atoms with Crippen molar-refractivity contribution in [1.29, 1.82) is 0 Å². The molecule has 0 bridgehead atoms. The van der Waals surface area contributed by atoms with E-state index in [9.17, 15) is 9.18 Å². The number of carbonyl (C=O) groups is 1. The van der Waals surface area contributed by atoms with Crippen LogP contribution in [0, 0.1) is 5.82 Å². The predicted molar refractivity (Wildman–Crippen MR) is 62.6 cm³/mol. The third kappa shape index (κ3) is 2.08. The van der Waals surface area contributed by atoms with E-state index in [2.05, 4.69) is 4.98 Å². The fourth-order valence-corrected chi connectivity index (χ4v) is 1.49. The number of primary amides is 1. The van der Waals surface area contributed by atoms with Gasteiger partial charge in [0.05, 0.1) is 11.4 Å². The molecule has 2 aromatic rings. The minimum atomic E-state index is -0.735. The van der Waals surface area contributed by atoms with Gasteiger partial charge in [0.1, 0.15) is 5.82 Å². The number of halogens is 1. The van der Waals surface area contributed by atoms with E-state index in [4.69, 9.17) is 11.5 Å². The summed E-state index contributed by atoms with van der Waals surface area (Å²) in [6.45, 7) is 0. The molecule has 1 aromatic heterocycles. The summed E-state index contributed by atoms with van der Waals surface area (Å²) in [6.07, 6.45) is 0. The summed E-state index contributed by atoms with van der Waals surface area (Å²) in [6, 6.07) is 9.16. The predicted octanol–water partition coefficient (Wildman–Crippen LogP) is 1.57. The summed E-state index contributed by atoms with van der Waals surface area (Å²) >= 11 is 0. The van der Waals surface area contributed by atoms with Crippen LogP contribution in [0.5, 0.6) is 0 Å². The summed E-state index contributed by atoms with van der Waals surface area (Å²) in [5.74, 6) is -1.15. The summed E-state index contributed by atoms with van der Waals surface area (Å²) < 4.78 is 13.5. The number of nitrogen functional groups attached to an aromatic ring is 1. The molecule has 17 heavy (non-hydrogen) atoms. The van der Waals surface area contributed by atoms with Gasteiger partial charge in [-0.3, -0.25) is 4.79 Å². The quantitative estimate of drug-likeness (QED) is 0.822. The zero-order chi connectivity index (χ0) is 12.4. The molecule has 0 atom stereocenters. The van der Waals surface area contributed by atoms with Crippen LogP contribution in [-0.4, -0.2) is 10.9 Å². The van der Waals surface area contributed by atoms with Crippen LogP contribution in [0.25, 0.3) is 11.3 Å². The molecule has 1 aromatic carbocycles. The molecule has 0 radical (unpaired) electrons. The second-order valence-electron chi connectivity index (χ2n) is 3.48. The molecule has 0 aliphatic heterocycles. The number of carbonyl (C=O) groups excluding carboxylic acids is 1. The fraction of sp³-hybridized carbons (Fsp3) is 0. The first-order valence-electron chi connectivity index (χ1n) is 4.91. The number of pyridine rings is 1. The summed E-state index contributed by atoms with van der Waals surface area (Å²) in [4.78, 5) is 15.0. The Hall–Kier alpha value is -2.43. The van der Waals surface area contributed by atoms with E-state index in [0.717, 1.165) is 0 Å². The van der Waals surface area contributed by atoms with Gasteiger partial charge >= 0.3 is 0 Å². The highest BCUT2D eigenvalue weighted by molar-refractivity contribution is 5.96. The average Bonchev–Trinajstić information content (AvgIpc) is 2.30. The molecule has 0 fully saturated rings. The molecule has 2 rings (SSSR count). The minimum Gasteiger partial charge on any atom is -0.397 e. The van der Waals surface area contributed by atoms with E-state index in [0.29, 0.717) is 11.3 Å². The van der Waals surface area contributed by atoms with Crippen LogP contribution < -0.4 is 11.5 Å². The normalized spacial score (nSPS) is 10.2. The molecule has 4 N–H and O–H groups in total. The van der Waals surface area contributed by atoms with Gasteiger partial charge < -0.3 is 11.5 Å². The first-order valence-corrected chi connectivity index (χ1v) is 4.91. The Morgan fingerprint density at radius 1 is 1.18 bits per heavy atom. The maximum atomic E-state index is 13.5. The molecule has 86 valence electrons. The largest absolute Gasteiger partial charge is 0.397 e. The Kier molecular flexibility index (Phi) is 2.74. The van der Waals surface area contributed by atoms with E-state index in [-0.39, 0.29) is 11.4 Å². The van der Waals surface area contributed by atoms with Gasteiger partial charge in [-0.05, 0) is 24.3 Å². The van der Waals surface area contributed by atoms with Gasteiger partial charge in [0.25, 0.3) is 5.91 Å². The summed E-state index contributed by atoms with van der Waals surface area (Å²) in [7, 11) is 0. The lowest BCUT2D eigenvalue weighted by Crippen LogP contribution is -2.16. The number of nitrogens with two attached hydrogens (primary N) is 2. The van der Waals surface area contributed by atoms with Crippen molar-refractivity contribution in [2.24, 2.45) is 5.73 Å². The van der Waals surface area contributed by atoms with E-state index in [1.165, 1.54) is 12.1 Å². The lowest BCUT2D eigenvalue weighted by Gasteiger charge is -2.05. The lowest BCUT2D eigenvalue weighted by molar-refractivity contribution is 0.0996. The zero-order valence-corrected chi connectivity index (χ0v) is 8.85. The molecule has 0 aliphatic rings. The number of nitrogens with zero attached hydrogens (tertiary/aromatic N) is 1. The topological polar surface area (TPSA) is 82.0 Å². The second kappa shape index (κ2) is 4.21. The van der Waals surface area contributed by atoms with Gasteiger partial charge in [-0.25, -0.2) is 9.37 Å². The third-order valence-corrected chi connectivity index (χ3v) is 2.31. The van der Waals surface area contributed by atoms with Gasteiger partial charge in [-0.15, -0.1) is 0 Å². The van der Waals surface area contributed by atoms with Crippen LogP contribution >= 0.6 is 0 Å². The van der Waals surface area contributed by atoms with Crippen molar-refractivity contribution >= 4 is 11.6 Å². The van der Waals surface area contributed by atoms with E-state index >= 15 is 0 Å². The highest BCUT2D eigenvalue weighted by Crippen LogP contribution is 2.22. The fourth-order valence-electron chi connectivity index (χ4n) is 1.49. The molecule has 0 saturated carbocycles. The van der Waals surface area contributed by atoms with Gasteiger partial charge in [0, 0.05) is 5.56 Å². The number of benzene rings is 1. The number of anilines is 1. The first-order chi connectivity index (χ1) is 8.09. The van der Waals surface area contributed by atoms with Gasteiger partial charge in [-0.1, -0.05) is 12.1 Å². The van der Waals surface area contributed by atoms with E-state index in [1.807, 2.05) is 0 Å². The molecule has 1 amide bonds.